The molecule has 0 saturated carbocycles. The Kier molecular flexibility index (Phi) is 3.85. The second-order valence-electron chi connectivity index (χ2n) is 6.49. The van der Waals surface area contributed by atoms with Gasteiger partial charge in [0.25, 0.3) is 0 Å². The molecule has 1 aromatic heterocycles. The maximum Gasteiger partial charge on any atom is 0.227 e. The van der Waals surface area contributed by atoms with Gasteiger partial charge < -0.3 is 10.6 Å². The van der Waals surface area contributed by atoms with E-state index in [-0.39, 0.29) is 0 Å². The monoisotopic (exact) mass is 328 g/mol. The van der Waals surface area contributed by atoms with Crippen LogP contribution in [0.4, 0.5) is 11.8 Å². The summed E-state index contributed by atoms with van der Waals surface area (Å²) in [6, 6.07) is 8.10. The van der Waals surface area contributed by atoms with Crippen molar-refractivity contribution in [2.75, 3.05) is 23.7 Å². The van der Waals surface area contributed by atoms with Crippen LogP contribution in [0, 0.1) is 0 Å². The van der Waals surface area contributed by atoms with E-state index in [1.54, 1.807) is 0 Å². The van der Waals surface area contributed by atoms with Crippen LogP contribution in [0.3, 0.4) is 0 Å². The third-order valence-electron chi connectivity index (χ3n) is 5.03. The van der Waals surface area contributed by atoms with Crippen LogP contribution >= 0.6 is 11.6 Å². The van der Waals surface area contributed by atoms with Gasteiger partial charge in [-0.3, -0.25) is 0 Å². The molecule has 2 N–H and O–H groups in total. The number of benzene rings is 1. The summed E-state index contributed by atoms with van der Waals surface area (Å²) in [5, 5.41) is 0.842. The van der Waals surface area contributed by atoms with Crippen molar-refractivity contribution in [2.45, 2.75) is 38.0 Å². The fourth-order valence-corrected chi connectivity index (χ4v) is 4.05. The molecule has 1 aliphatic carbocycles. The van der Waals surface area contributed by atoms with Gasteiger partial charge in [-0.15, -0.1) is 0 Å². The largest absolute Gasteiger partial charge is 0.383 e. The zero-order chi connectivity index (χ0) is 15.8. The van der Waals surface area contributed by atoms with Crippen molar-refractivity contribution >= 4 is 23.4 Å². The van der Waals surface area contributed by atoms with Crippen LogP contribution in [-0.4, -0.2) is 23.1 Å². The zero-order valence-electron chi connectivity index (χ0n) is 13.1. The molecule has 0 spiro atoms. The van der Waals surface area contributed by atoms with Crippen molar-refractivity contribution in [3.63, 3.8) is 0 Å². The number of halogens is 1. The van der Waals surface area contributed by atoms with E-state index in [1.807, 2.05) is 18.2 Å². The van der Waals surface area contributed by atoms with Crippen molar-refractivity contribution in [3.8, 4) is 0 Å². The van der Waals surface area contributed by atoms with Crippen molar-refractivity contribution in [3.05, 3.63) is 46.1 Å². The van der Waals surface area contributed by atoms with Crippen molar-refractivity contribution in [1.82, 2.24) is 9.97 Å². The average molecular weight is 329 g/mol. The van der Waals surface area contributed by atoms with E-state index in [0.717, 1.165) is 54.6 Å². The summed E-state index contributed by atoms with van der Waals surface area (Å²) in [7, 11) is 0. The van der Waals surface area contributed by atoms with E-state index in [2.05, 4.69) is 16.0 Å². The molecule has 5 heteroatoms. The van der Waals surface area contributed by atoms with E-state index >= 15 is 0 Å². The van der Waals surface area contributed by atoms with Gasteiger partial charge in [-0.05, 0) is 49.7 Å². The molecule has 2 aliphatic rings. The van der Waals surface area contributed by atoms with Crippen molar-refractivity contribution < 1.29 is 0 Å². The highest BCUT2D eigenvalue weighted by molar-refractivity contribution is 6.31. The standard InChI is InChI=1S/C18H21ClN4/c19-15-6-2-1-5-13(15)12-7-8-16-14(11-12)17(20)22-18(21-16)23-9-3-4-10-23/h1-2,5-6,12H,3-4,7-11H2,(H2,20,21,22). The molecule has 23 heavy (non-hydrogen) atoms. The first kappa shape index (κ1) is 14.8. The van der Waals surface area contributed by atoms with Crippen LogP contribution in [0.25, 0.3) is 0 Å². The van der Waals surface area contributed by atoms with Gasteiger partial charge in [0, 0.05) is 23.7 Å². The molecule has 1 saturated heterocycles. The molecule has 2 aromatic rings. The van der Waals surface area contributed by atoms with Crippen LogP contribution in [0.5, 0.6) is 0 Å². The number of hydrogen-bond acceptors (Lipinski definition) is 4. The fourth-order valence-electron chi connectivity index (χ4n) is 3.76. The summed E-state index contributed by atoms with van der Waals surface area (Å²) in [5.74, 6) is 1.86. The third-order valence-corrected chi connectivity index (χ3v) is 5.37. The van der Waals surface area contributed by atoms with Gasteiger partial charge in [0.2, 0.25) is 5.95 Å². The number of hydrogen-bond donors (Lipinski definition) is 1. The number of anilines is 2. The highest BCUT2D eigenvalue weighted by Crippen LogP contribution is 2.37. The van der Waals surface area contributed by atoms with E-state index in [9.17, 15) is 0 Å². The molecule has 2 heterocycles. The van der Waals surface area contributed by atoms with E-state index in [4.69, 9.17) is 22.3 Å². The molecule has 0 bridgehead atoms. The van der Waals surface area contributed by atoms with E-state index in [0.29, 0.717) is 11.7 Å². The third kappa shape index (κ3) is 2.76. The number of fused-ring (bicyclic) bond motifs is 1. The number of rotatable bonds is 2. The molecule has 4 rings (SSSR count). The van der Waals surface area contributed by atoms with Gasteiger partial charge in [0.05, 0.1) is 5.69 Å². The fraction of sp³-hybridized carbons (Fsp3) is 0.444. The van der Waals surface area contributed by atoms with Crippen LogP contribution in [0.1, 0.15) is 42.0 Å². The lowest BCUT2D eigenvalue weighted by molar-refractivity contribution is 0.572. The minimum Gasteiger partial charge on any atom is -0.383 e. The normalized spacial score (nSPS) is 20.6. The van der Waals surface area contributed by atoms with Crippen LogP contribution in [0.15, 0.2) is 24.3 Å². The average Bonchev–Trinajstić information content (AvgIpc) is 3.10. The van der Waals surface area contributed by atoms with Gasteiger partial charge in [-0.1, -0.05) is 29.8 Å². The SMILES string of the molecule is Nc1nc(N2CCCC2)nc2c1CC(c1ccccc1Cl)CC2. The highest BCUT2D eigenvalue weighted by atomic mass is 35.5. The predicted molar refractivity (Wildman–Crippen MR) is 94.1 cm³/mol. The summed E-state index contributed by atoms with van der Waals surface area (Å²) in [6.07, 6.45) is 5.32. The Morgan fingerprint density at radius 1 is 1.13 bits per heavy atom. The van der Waals surface area contributed by atoms with Crippen molar-refractivity contribution in [2.24, 2.45) is 0 Å². The maximum atomic E-state index is 6.37. The molecular formula is C18H21ClN4. The Hall–Kier alpha value is -1.81. The Morgan fingerprint density at radius 3 is 2.70 bits per heavy atom. The summed E-state index contributed by atoms with van der Waals surface area (Å²) in [5.41, 5.74) is 9.73. The molecule has 1 atom stereocenters. The first-order valence-corrected chi connectivity index (χ1v) is 8.75. The summed E-state index contributed by atoms with van der Waals surface area (Å²) in [4.78, 5) is 11.6. The smallest absolute Gasteiger partial charge is 0.227 e. The summed E-state index contributed by atoms with van der Waals surface area (Å²) >= 11 is 6.37. The number of aryl methyl sites for hydroxylation is 1. The number of nitrogens with zero attached hydrogens (tertiary/aromatic N) is 3. The Balaban J connectivity index is 1.64. The Labute approximate surface area is 141 Å². The molecular weight excluding hydrogens is 308 g/mol. The van der Waals surface area contributed by atoms with Gasteiger partial charge in [-0.2, -0.15) is 4.98 Å². The molecule has 1 unspecified atom stereocenters. The molecule has 4 nitrogen and oxygen atoms in total. The molecule has 1 aliphatic heterocycles. The predicted octanol–water partition coefficient (Wildman–Crippen LogP) is 3.58. The first-order chi connectivity index (χ1) is 11.2. The minimum absolute atomic E-state index is 0.403. The molecule has 0 amide bonds. The quantitative estimate of drug-likeness (QED) is 0.915. The number of nitrogens with two attached hydrogens (primary N) is 1. The van der Waals surface area contributed by atoms with E-state index < -0.39 is 0 Å². The Morgan fingerprint density at radius 2 is 1.91 bits per heavy atom. The van der Waals surface area contributed by atoms with Crippen LogP contribution in [-0.2, 0) is 12.8 Å². The minimum atomic E-state index is 0.403. The highest BCUT2D eigenvalue weighted by Gasteiger charge is 2.27. The number of nitrogen functional groups attached to an aromatic ring is 1. The van der Waals surface area contributed by atoms with Crippen LogP contribution < -0.4 is 10.6 Å². The zero-order valence-corrected chi connectivity index (χ0v) is 13.9. The van der Waals surface area contributed by atoms with Gasteiger partial charge in [0.15, 0.2) is 0 Å². The second-order valence-corrected chi connectivity index (χ2v) is 6.90. The topological polar surface area (TPSA) is 55.0 Å². The lowest BCUT2D eigenvalue weighted by Gasteiger charge is -2.27. The first-order valence-electron chi connectivity index (χ1n) is 8.37. The molecule has 1 fully saturated rings. The summed E-state index contributed by atoms with van der Waals surface area (Å²) in [6.45, 7) is 2.08. The lowest BCUT2D eigenvalue weighted by atomic mass is 9.82. The van der Waals surface area contributed by atoms with Gasteiger partial charge in [0.1, 0.15) is 5.82 Å². The molecule has 120 valence electrons. The second kappa shape index (κ2) is 6.00. The Bertz CT molecular complexity index is 725. The van der Waals surface area contributed by atoms with Gasteiger partial charge >= 0.3 is 0 Å². The van der Waals surface area contributed by atoms with E-state index in [1.165, 1.54) is 18.4 Å². The van der Waals surface area contributed by atoms with Gasteiger partial charge in [-0.25, -0.2) is 4.98 Å². The van der Waals surface area contributed by atoms with Crippen LogP contribution in [0.2, 0.25) is 5.02 Å². The maximum absolute atomic E-state index is 6.37. The lowest BCUT2D eigenvalue weighted by Crippen LogP contribution is -2.24. The number of aromatic nitrogens is 2. The molecule has 1 aromatic carbocycles. The molecule has 0 radical (unpaired) electrons. The summed E-state index contributed by atoms with van der Waals surface area (Å²) < 4.78 is 0. The van der Waals surface area contributed by atoms with Crippen molar-refractivity contribution in [1.29, 1.82) is 0 Å².